The Bertz CT molecular complexity index is 685. The minimum Gasteiger partial charge on any atom is -0.478 e. The third-order valence-electron chi connectivity index (χ3n) is 2.46. The normalized spacial score (nSPS) is 11.2. The van der Waals surface area contributed by atoms with Gasteiger partial charge in [0.25, 0.3) is 0 Å². The summed E-state index contributed by atoms with van der Waals surface area (Å²) in [5.41, 5.74) is -1.53. The van der Waals surface area contributed by atoms with Crippen molar-refractivity contribution in [2.75, 3.05) is 0 Å². The quantitative estimate of drug-likeness (QED) is 0.878. The second-order valence-electron chi connectivity index (χ2n) is 3.93. The minimum atomic E-state index is -4.56. The largest absolute Gasteiger partial charge is 0.478 e. The predicted octanol–water partition coefficient (Wildman–Crippen LogP) is 3.73. The highest BCUT2D eigenvalue weighted by atomic mass is 19.4. The number of carboxylic acids is 1. The maximum atomic E-state index is 13.4. The maximum Gasteiger partial charge on any atom is 0.416 e. The molecule has 0 aliphatic heterocycles. The number of benzene rings is 1. The summed E-state index contributed by atoms with van der Waals surface area (Å²) in [5, 5.41) is 8.65. The van der Waals surface area contributed by atoms with Gasteiger partial charge in [0.15, 0.2) is 0 Å². The van der Waals surface area contributed by atoms with E-state index in [0.29, 0.717) is 6.07 Å². The van der Waals surface area contributed by atoms with Gasteiger partial charge < -0.3 is 9.84 Å². The van der Waals surface area contributed by atoms with Gasteiger partial charge in [-0.25, -0.2) is 14.2 Å². The van der Waals surface area contributed by atoms with Crippen LogP contribution in [0.25, 0.3) is 0 Å². The maximum absolute atomic E-state index is 13.4. The Morgan fingerprint density at radius 2 is 1.90 bits per heavy atom. The van der Waals surface area contributed by atoms with Gasteiger partial charge in [-0.2, -0.15) is 13.2 Å². The average Bonchev–Trinajstić information content (AvgIpc) is 2.37. The van der Waals surface area contributed by atoms with Crippen LogP contribution in [0, 0.1) is 5.82 Å². The number of aromatic carboxylic acids is 1. The number of pyridine rings is 1. The zero-order valence-electron chi connectivity index (χ0n) is 10.2. The van der Waals surface area contributed by atoms with Gasteiger partial charge in [-0.3, -0.25) is 0 Å². The van der Waals surface area contributed by atoms with Gasteiger partial charge in [0.2, 0.25) is 5.88 Å². The van der Waals surface area contributed by atoms with Crippen LogP contribution in [0.3, 0.4) is 0 Å². The Morgan fingerprint density at radius 3 is 2.48 bits per heavy atom. The van der Waals surface area contributed by atoms with Crippen LogP contribution in [0.15, 0.2) is 36.5 Å². The Hall–Kier alpha value is -2.64. The van der Waals surface area contributed by atoms with Gasteiger partial charge in [-0.1, -0.05) is 0 Å². The molecule has 2 rings (SSSR count). The van der Waals surface area contributed by atoms with Crippen molar-refractivity contribution in [3.63, 3.8) is 0 Å². The zero-order valence-corrected chi connectivity index (χ0v) is 10.2. The number of nitrogens with zero attached hydrogens (tertiary/aromatic N) is 1. The molecule has 4 nitrogen and oxygen atoms in total. The zero-order chi connectivity index (χ0) is 15.6. The van der Waals surface area contributed by atoms with E-state index in [9.17, 15) is 22.4 Å². The summed E-state index contributed by atoms with van der Waals surface area (Å²) < 4.78 is 55.9. The van der Waals surface area contributed by atoms with Crippen molar-refractivity contribution in [1.29, 1.82) is 0 Å². The molecule has 1 N–H and O–H groups in total. The van der Waals surface area contributed by atoms with E-state index in [0.717, 1.165) is 30.5 Å². The van der Waals surface area contributed by atoms with Crippen LogP contribution < -0.4 is 4.74 Å². The van der Waals surface area contributed by atoms with Crippen molar-refractivity contribution < 1.29 is 32.2 Å². The van der Waals surface area contributed by atoms with Crippen LogP contribution in [0.2, 0.25) is 0 Å². The summed E-state index contributed by atoms with van der Waals surface area (Å²) in [7, 11) is 0. The Morgan fingerprint density at radius 1 is 1.19 bits per heavy atom. The lowest BCUT2D eigenvalue weighted by molar-refractivity contribution is -0.137. The minimum absolute atomic E-state index is 0.163. The second-order valence-corrected chi connectivity index (χ2v) is 3.93. The van der Waals surface area contributed by atoms with Crippen LogP contribution in [-0.4, -0.2) is 16.1 Å². The number of rotatable bonds is 3. The highest BCUT2D eigenvalue weighted by Crippen LogP contribution is 2.31. The Labute approximate surface area is 115 Å². The van der Waals surface area contributed by atoms with Crippen LogP contribution in [-0.2, 0) is 6.18 Å². The molecule has 0 spiro atoms. The summed E-state index contributed by atoms with van der Waals surface area (Å²) >= 11 is 0. The molecular weight excluding hydrogens is 294 g/mol. The molecule has 0 saturated carbocycles. The highest BCUT2D eigenvalue weighted by molar-refractivity contribution is 5.88. The molecule has 8 heteroatoms. The lowest BCUT2D eigenvalue weighted by atomic mass is 10.2. The molecule has 0 radical (unpaired) electrons. The average molecular weight is 301 g/mol. The van der Waals surface area contributed by atoms with E-state index in [4.69, 9.17) is 9.84 Å². The molecular formula is C13H7F4NO3. The molecule has 2 aromatic rings. The van der Waals surface area contributed by atoms with Crippen LogP contribution in [0.4, 0.5) is 17.6 Å². The number of carbonyl (C=O) groups is 1. The van der Waals surface area contributed by atoms with Crippen molar-refractivity contribution in [1.82, 2.24) is 4.98 Å². The number of hydrogen-bond donors (Lipinski definition) is 1. The summed E-state index contributed by atoms with van der Waals surface area (Å²) in [4.78, 5) is 14.2. The summed E-state index contributed by atoms with van der Waals surface area (Å²) in [6.07, 6.45) is -3.65. The Kier molecular flexibility index (Phi) is 3.79. The van der Waals surface area contributed by atoms with Crippen LogP contribution in [0.1, 0.15) is 15.9 Å². The van der Waals surface area contributed by atoms with E-state index in [-0.39, 0.29) is 11.6 Å². The predicted molar refractivity (Wildman–Crippen MR) is 62.7 cm³/mol. The van der Waals surface area contributed by atoms with Gasteiger partial charge in [0, 0.05) is 18.3 Å². The molecule has 1 heterocycles. The SMILES string of the molecule is O=C(O)c1ccc(Oc2cc(C(F)(F)F)ccn2)cc1F. The topological polar surface area (TPSA) is 59.4 Å². The number of hydrogen-bond acceptors (Lipinski definition) is 3. The third-order valence-corrected chi connectivity index (χ3v) is 2.46. The van der Waals surface area contributed by atoms with Crippen LogP contribution >= 0.6 is 0 Å². The fraction of sp³-hybridized carbons (Fsp3) is 0.0769. The van der Waals surface area contributed by atoms with Gasteiger partial charge in [0.1, 0.15) is 11.6 Å². The second kappa shape index (κ2) is 5.39. The monoisotopic (exact) mass is 301 g/mol. The van der Waals surface area contributed by atoms with Crippen LogP contribution in [0.5, 0.6) is 11.6 Å². The summed E-state index contributed by atoms with van der Waals surface area (Å²) in [6, 6.07) is 4.24. The highest BCUT2D eigenvalue weighted by Gasteiger charge is 2.31. The molecule has 110 valence electrons. The fourth-order valence-corrected chi connectivity index (χ4v) is 1.50. The number of carboxylic acid groups (broad SMARTS) is 1. The standard InChI is InChI=1S/C13H7F4NO3/c14-10-6-8(1-2-9(10)12(19)20)21-11-5-7(3-4-18-11)13(15,16)17/h1-6H,(H,19,20). The fourth-order valence-electron chi connectivity index (χ4n) is 1.50. The molecule has 0 aliphatic carbocycles. The van der Waals surface area contributed by atoms with E-state index < -0.39 is 29.1 Å². The van der Waals surface area contributed by atoms with Crippen molar-refractivity contribution in [3.8, 4) is 11.6 Å². The third kappa shape index (κ3) is 3.47. The number of ether oxygens (including phenoxy) is 1. The molecule has 0 atom stereocenters. The summed E-state index contributed by atoms with van der Waals surface area (Å²) in [6.45, 7) is 0. The Balaban J connectivity index is 2.27. The molecule has 21 heavy (non-hydrogen) atoms. The molecule has 0 unspecified atom stereocenters. The van der Waals surface area contributed by atoms with Gasteiger partial charge in [0.05, 0.1) is 11.1 Å². The lowest BCUT2D eigenvalue weighted by Gasteiger charge is -2.09. The van der Waals surface area contributed by atoms with E-state index in [2.05, 4.69) is 4.98 Å². The molecule has 0 saturated heterocycles. The van der Waals surface area contributed by atoms with Gasteiger partial charge in [-0.05, 0) is 18.2 Å². The first kappa shape index (κ1) is 14.8. The van der Waals surface area contributed by atoms with E-state index in [1.54, 1.807) is 0 Å². The first-order valence-electron chi connectivity index (χ1n) is 5.51. The van der Waals surface area contributed by atoms with E-state index in [1.807, 2.05) is 0 Å². The molecule has 0 fully saturated rings. The number of halogens is 4. The van der Waals surface area contributed by atoms with Crippen molar-refractivity contribution in [2.45, 2.75) is 6.18 Å². The van der Waals surface area contributed by atoms with Crippen molar-refractivity contribution in [2.24, 2.45) is 0 Å². The lowest BCUT2D eigenvalue weighted by Crippen LogP contribution is -2.05. The summed E-state index contributed by atoms with van der Waals surface area (Å²) in [5.74, 6) is -3.07. The molecule has 0 aliphatic rings. The first-order chi connectivity index (χ1) is 9.77. The van der Waals surface area contributed by atoms with E-state index in [1.165, 1.54) is 0 Å². The molecule has 1 aromatic heterocycles. The molecule has 0 amide bonds. The first-order valence-corrected chi connectivity index (χ1v) is 5.51. The molecule has 1 aromatic carbocycles. The number of alkyl halides is 3. The van der Waals surface area contributed by atoms with Gasteiger partial charge >= 0.3 is 12.1 Å². The van der Waals surface area contributed by atoms with Crippen molar-refractivity contribution in [3.05, 3.63) is 53.5 Å². The number of aromatic nitrogens is 1. The molecule has 0 bridgehead atoms. The van der Waals surface area contributed by atoms with Gasteiger partial charge in [-0.15, -0.1) is 0 Å². The van der Waals surface area contributed by atoms with E-state index >= 15 is 0 Å². The van der Waals surface area contributed by atoms with Crippen molar-refractivity contribution >= 4 is 5.97 Å². The smallest absolute Gasteiger partial charge is 0.416 e.